The lowest BCUT2D eigenvalue weighted by atomic mass is 9.96. The molecule has 1 heterocycles. The summed E-state index contributed by atoms with van der Waals surface area (Å²) in [6.07, 6.45) is 4.34. The van der Waals surface area contributed by atoms with Crippen LogP contribution in [0.15, 0.2) is 29.3 Å². The first-order valence-corrected chi connectivity index (χ1v) is 9.64. The van der Waals surface area contributed by atoms with Gasteiger partial charge >= 0.3 is 0 Å². The van der Waals surface area contributed by atoms with E-state index in [1.807, 2.05) is 0 Å². The van der Waals surface area contributed by atoms with Crippen molar-refractivity contribution in [2.75, 3.05) is 46.5 Å². The van der Waals surface area contributed by atoms with Crippen LogP contribution in [-0.4, -0.2) is 57.4 Å². The predicted octanol–water partition coefficient (Wildman–Crippen LogP) is 3.93. The Labute approximate surface area is 179 Å². The molecule has 0 spiro atoms. The largest absolute Gasteiger partial charge is 0.494 e. The fourth-order valence-electron chi connectivity index (χ4n) is 2.96. The van der Waals surface area contributed by atoms with Gasteiger partial charge < -0.3 is 19.7 Å². The van der Waals surface area contributed by atoms with E-state index in [4.69, 9.17) is 9.47 Å². The first-order chi connectivity index (χ1) is 12.7. The van der Waals surface area contributed by atoms with Gasteiger partial charge in [-0.05, 0) is 56.4 Å². The van der Waals surface area contributed by atoms with E-state index < -0.39 is 0 Å². The molecule has 27 heavy (non-hydrogen) atoms. The first kappa shape index (κ1) is 23.9. The van der Waals surface area contributed by atoms with Gasteiger partial charge in [0.1, 0.15) is 11.6 Å². The molecule has 2 rings (SSSR count). The monoisotopic (exact) mass is 493 g/mol. The van der Waals surface area contributed by atoms with E-state index in [1.165, 1.54) is 31.4 Å². The molecule has 0 bridgehead atoms. The zero-order chi connectivity index (χ0) is 18.6. The van der Waals surface area contributed by atoms with Crippen LogP contribution in [0.1, 0.15) is 32.6 Å². The Balaban J connectivity index is 0.00000364. The molecule has 0 amide bonds. The third-order valence-electron chi connectivity index (χ3n) is 4.56. The summed E-state index contributed by atoms with van der Waals surface area (Å²) in [6.45, 7) is 7.01. The van der Waals surface area contributed by atoms with Gasteiger partial charge in [0.2, 0.25) is 0 Å². The zero-order valence-corrected chi connectivity index (χ0v) is 18.8. The molecule has 1 aromatic rings. The normalized spacial score (nSPS) is 15.1. The first-order valence-electron chi connectivity index (χ1n) is 9.64. The van der Waals surface area contributed by atoms with Gasteiger partial charge in [-0.3, -0.25) is 4.99 Å². The van der Waals surface area contributed by atoms with Crippen LogP contribution in [0.25, 0.3) is 0 Å². The average Bonchev–Trinajstić information content (AvgIpc) is 2.67. The second-order valence-electron chi connectivity index (χ2n) is 6.66. The Bertz CT molecular complexity index is 537. The number of halogens is 2. The topological polar surface area (TPSA) is 46.1 Å². The minimum absolute atomic E-state index is 0. The van der Waals surface area contributed by atoms with Gasteiger partial charge in [0.25, 0.3) is 0 Å². The summed E-state index contributed by atoms with van der Waals surface area (Å²) in [5, 5.41) is 3.35. The van der Waals surface area contributed by atoms with Gasteiger partial charge in [0.05, 0.1) is 6.61 Å². The fraction of sp³-hybridized carbons (Fsp3) is 0.650. The number of ether oxygens (including phenoxy) is 2. The number of nitrogens with one attached hydrogen (secondary N) is 1. The lowest BCUT2D eigenvalue weighted by Gasteiger charge is -2.26. The van der Waals surface area contributed by atoms with Crippen LogP contribution in [0, 0.1) is 11.7 Å². The summed E-state index contributed by atoms with van der Waals surface area (Å²) in [5.74, 6) is 2.15. The zero-order valence-electron chi connectivity index (χ0n) is 16.5. The van der Waals surface area contributed by atoms with Crippen molar-refractivity contribution >= 4 is 29.9 Å². The molecule has 5 nitrogen and oxygen atoms in total. The molecular weight excluding hydrogens is 460 g/mol. The van der Waals surface area contributed by atoms with Crippen molar-refractivity contribution in [1.82, 2.24) is 10.2 Å². The van der Waals surface area contributed by atoms with E-state index in [0.29, 0.717) is 18.9 Å². The third kappa shape index (κ3) is 9.60. The van der Waals surface area contributed by atoms with Gasteiger partial charge in [-0.2, -0.15) is 0 Å². The minimum Gasteiger partial charge on any atom is -0.494 e. The van der Waals surface area contributed by atoms with Crippen LogP contribution >= 0.6 is 24.0 Å². The third-order valence-corrected chi connectivity index (χ3v) is 4.56. The number of aliphatic imine (C=N–C) groups is 1. The smallest absolute Gasteiger partial charge is 0.193 e. The van der Waals surface area contributed by atoms with E-state index in [1.54, 1.807) is 12.1 Å². The van der Waals surface area contributed by atoms with Crippen LogP contribution in [0.2, 0.25) is 0 Å². The Kier molecular flexibility index (Phi) is 12.4. The summed E-state index contributed by atoms with van der Waals surface area (Å²) in [5.41, 5.74) is 0. The maximum Gasteiger partial charge on any atom is 0.193 e. The van der Waals surface area contributed by atoms with Crippen molar-refractivity contribution < 1.29 is 13.9 Å². The molecule has 1 N–H and O–H groups in total. The summed E-state index contributed by atoms with van der Waals surface area (Å²) in [4.78, 5) is 6.90. The minimum atomic E-state index is -0.249. The van der Waals surface area contributed by atoms with E-state index in [9.17, 15) is 4.39 Å². The van der Waals surface area contributed by atoms with Crippen LogP contribution in [0.4, 0.5) is 4.39 Å². The molecule has 0 aliphatic carbocycles. The van der Waals surface area contributed by atoms with Crippen LogP contribution in [0.5, 0.6) is 5.75 Å². The van der Waals surface area contributed by atoms with Crippen molar-refractivity contribution in [2.45, 2.75) is 32.6 Å². The summed E-state index contributed by atoms with van der Waals surface area (Å²) in [7, 11) is 2.09. The Morgan fingerprint density at radius 1 is 1.30 bits per heavy atom. The lowest BCUT2D eigenvalue weighted by Crippen LogP contribution is -2.40. The van der Waals surface area contributed by atoms with Crippen molar-refractivity contribution in [2.24, 2.45) is 10.9 Å². The quantitative estimate of drug-likeness (QED) is 0.245. The number of nitrogens with zero attached hydrogens (tertiary/aromatic N) is 2. The van der Waals surface area contributed by atoms with Gasteiger partial charge in [-0.15, -0.1) is 24.0 Å². The number of hydrogen-bond acceptors (Lipinski definition) is 3. The molecule has 1 aliphatic rings. The van der Waals surface area contributed by atoms with Gasteiger partial charge in [0.15, 0.2) is 5.96 Å². The number of guanidine groups is 1. The maximum atomic E-state index is 12.9. The fourth-order valence-corrected chi connectivity index (χ4v) is 2.96. The number of hydrogen-bond donors (Lipinski definition) is 1. The summed E-state index contributed by atoms with van der Waals surface area (Å²) < 4.78 is 23.9. The maximum absolute atomic E-state index is 12.9. The molecule has 0 unspecified atom stereocenters. The molecule has 1 aliphatic heterocycles. The van der Waals surface area contributed by atoms with Gasteiger partial charge in [-0.1, -0.05) is 0 Å². The lowest BCUT2D eigenvalue weighted by molar-refractivity contribution is 0.0625. The van der Waals surface area contributed by atoms with E-state index >= 15 is 0 Å². The molecule has 1 saturated heterocycles. The Morgan fingerprint density at radius 2 is 2.00 bits per heavy atom. The van der Waals surface area contributed by atoms with Crippen molar-refractivity contribution in [3.8, 4) is 5.75 Å². The number of rotatable bonds is 9. The summed E-state index contributed by atoms with van der Waals surface area (Å²) >= 11 is 0. The highest BCUT2D eigenvalue weighted by Gasteiger charge is 2.15. The molecule has 1 aromatic carbocycles. The Morgan fingerprint density at radius 3 is 2.67 bits per heavy atom. The van der Waals surface area contributed by atoms with E-state index in [2.05, 4.69) is 29.2 Å². The molecule has 1 fully saturated rings. The van der Waals surface area contributed by atoms with E-state index in [0.717, 1.165) is 44.6 Å². The Hall–Kier alpha value is -1.09. The van der Waals surface area contributed by atoms with Crippen molar-refractivity contribution in [1.29, 1.82) is 0 Å². The highest BCUT2D eigenvalue weighted by molar-refractivity contribution is 14.0. The molecule has 0 aromatic heterocycles. The highest BCUT2D eigenvalue weighted by Crippen LogP contribution is 2.18. The molecule has 0 atom stereocenters. The SMILES string of the molecule is CCNC(=NCCCOc1ccc(F)cc1)N(C)CCC1CCOCC1.I. The molecular formula is C20H33FIN3O2. The highest BCUT2D eigenvalue weighted by atomic mass is 127. The second-order valence-corrected chi connectivity index (χ2v) is 6.66. The molecule has 0 radical (unpaired) electrons. The number of benzene rings is 1. The molecule has 154 valence electrons. The van der Waals surface area contributed by atoms with Crippen molar-refractivity contribution in [3.05, 3.63) is 30.1 Å². The second kappa shape index (κ2) is 14.0. The predicted molar refractivity (Wildman–Crippen MR) is 119 cm³/mol. The van der Waals surface area contributed by atoms with Crippen LogP contribution in [-0.2, 0) is 4.74 Å². The molecule has 0 saturated carbocycles. The van der Waals surface area contributed by atoms with Gasteiger partial charge in [0, 0.05) is 46.3 Å². The van der Waals surface area contributed by atoms with Crippen LogP contribution < -0.4 is 10.1 Å². The molecule has 7 heteroatoms. The van der Waals surface area contributed by atoms with Crippen molar-refractivity contribution in [3.63, 3.8) is 0 Å². The van der Waals surface area contributed by atoms with E-state index in [-0.39, 0.29) is 29.8 Å². The standard InChI is InChI=1S/C20H32FN3O2.HI/c1-3-22-20(24(2)13-9-17-10-15-25-16-11-17)23-12-4-14-26-19-7-5-18(21)6-8-19;/h5-8,17H,3-4,9-16H2,1-2H3,(H,22,23);1H. The van der Waals surface area contributed by atoms with Gasteiger partial charge in [-0.25, -0.2) is 4.39 Å². The summed E-state index contributed by atoms with van der Waals surface area (Å²) in [6, 6.07) is 6.10. The van der Waals surface area contributed by atoms with Crippen LogP contribution in [0.3, 0.4) is 0 Å². The average molecular weight is 493 g/mol.